The number of hydrogen-bond donors (Lipinski definition) is 1. The standard InChI is InChI=1S/C20H13Cl2N5O2S/c21-10-3-11(22)5-12(4-10)27-16(28)6-15(20(27)29)30-19-14(8-24)17(9-1-2-9)13(7-23)18(25)26-19/h3-5,9,15H,1-2,6H2,(H2,25,26)/t15-/m1/s1. The maximum Gasteiger partial charge on any atom is 0.247 e. The molecule has 2 fully saturated rings. The fourth-order valence-electron chi connectivity index (χ4n) is 3.46. The van der Waals surface area contributed by atoms with Gasteiger partial charge in [-0.3, -0.25) is 9.59 Å². The molecule has 1 aliphatic carbocycles. The Morgan fingerprint density at radius 2 is 1.73 bits per heavy atom. The Morgan fingerprint density at radius 1 is 1.10 bits per heavy atom. The Labute approximate surface area is 186 Å². The van der Waals surface area contributed by atoms with Gasteiger partial charge in [0.2, 0.25) is 11.8 Å². The highest BCUT2D eigenvalue weighted by molar-refractivity contribution is 8.00. The van der Waals surface area contributed by atoms with Crippen molar-refractivity contribution in [1.29, 1.82) is 10.5 Å². The van der Waals surface area contributed by atoms with E-state index in [1.165, 1.54) is 18.2 Å². The second-order valence-electron chi connectivity index (χ2n) is 6.97. The minimum absolute atomic E-state index is 0.0242. The molecule has 7 nitrogen and oxygen atoms in total. The van der Waals surface area contributed by atoms with Crippen LogP contribution in [0.5, 0.6) is 0 Å². The number of aromatic nitrogens is 1. The van der Waals surface area contributed by atoms with Crippen LogP contribution in [0.4, 0.5) is 11.5 Å². The summed E-state index contributed by atoms with van der Waals surface area (Å²) >= 11 is 13.0. The van der Waals surface area contributed by atoms with E-state index in [-0.39, 0.29) is 40.0 Å². The van der Waals surface area contributed by atoms with Crippen molar-refractivity contribution in [2.24, 2.45) is 0 Å². The molecule has 2 N–H and O–H groups in total. The van der Waals surface area contributed by atoms with E-state index in [2.05, 4.69) is 11.1 Å². The maximum absolute atomic E-state index is 13.0. The van der Waals surface area contributed by atoms with E-state index in [0.717, 1.165) is 29.5 Å². The normalized spacial score (nSPS) is 18.4. The summed E-state index contributed by atoms with van der Waals surface area (Å²) in [5.74, 6) is -0.746. The monoisotopic (exact) mass is 457 g/mol. The van der Waals surface area contributed by atoms with Crippen LogP contribution in [0.3, 0.4) is 0 Å². The lowest BCUT2D eigenvalue weighted by Crippen LogP contribution is -2.31. The number of nitriles is 2. The molecular formula is C20H13Cl2N5O2S. The number of nitrogen functional groups attached to an aromatic ring is 1. The molecule has 2 amide bonds. The molecule has 0 bridgehead atoms. The van der Waals surface area contributed by atoms with E-state index < -0.39 is 17.1 Å². The third-order valence-electron chi connectivity index (χ3n) is 4.90. The molecule has 1 atom stereocenters. The van der Waals surface area contributed by atoms with E-state index in [1.807, 2.05) is 6.07 Å². The zero-order valence-corrected chi connectivity index (χ0v) is 17.7. The van der Waals surface area contributed by atoms with Crippen molar-refractivity contribution < 1.29 is 9.59 Å². The summed E-state index contributed by atoms with van der Waals surface area (Å²) < 4.78 is 0. The Kier molecular flexibility index (Phi) is 5.33. The zero-order valence-electron chi connectivity index (χ0n) is 15.4. The third-order valence-corrected chi connectivity index (χ3v) is 6.51. The highest BCUT2D eigenvalue weighted by Gasteiger charge is 2.42. The van der Waals surface area contributed by atoms with Crippen molar-refractivity contribution in [2.45, 2.75) is 35.5 Å². The number of carbonyl (C=O) groups excluding carboxylic acids is 2. The van der Waals surface area contributed by atoms with Crippen LogP contribution in [0.1, 0.15) is 41.9 Å². The Balaban J connectivity index is 1.69. The third kappa shape index (κ3) is 3.59. The molecule has 0 unspecified atom stereocenters. The number of thioether (sulfide) groups is 1. The predicted octanol–water partition coefficient (Wildman–Crippen LogP) is 4.02. The van der Waals surface area contributed by atoms with E-state index in [0.29, 0.717) is 15.6 Å². The molecule has 1 aromatic carbocycles. The molecule has 1 saturated carbocycles. The van der Waals surface area contributed by atoms with Crippen LogP contribution in [-0.4, -0.2) is 22.0 Å². The van der Waals surface area contributed by atoms with Crippen LogP contribution < -0.4 is 10.6 Å². The van der Waals surface area contributed by atoms with E-state index in [9.17, 15) is 20.1 Å². The van der Waals surface area contributed by atoms with Gasteiger partial charge in [-0.15, -0.1) is 0 Å². The average Bonchev–Trinajstić information content (AvgIpc) is 3.47. The molecule has 10 heteroatoms. The first-order valence-electron chi connectivity index (χ1n) is 8.97. The number of nitrogens with two attached hydrogens (primary N) is 1. The quantitative estimate of drug-likeness (QED) is 0.687. The summed E-state index contributed by atoms with van der Waals surface area (Å²) in [4.78, 5) is 30.8. The minimum atomic E-state index is -0.783. The van der Waals surface area contributed by atoms with Gasteiger partial charge in [0.15, 0.2) is 0 Å². The van der Waals surface area contributed by atoms with Crippen molar-refractivity contribution in [1.82, 2.24) is 4.98 Å². The fraction of sp³-hybridized carbons (Fsp3) is 0.250. The molecular weight excluding hydrogens is 445 g/mol. The summed E-state index contributed by atoms with van der Waals surface area (Å²) in [6.45, 7) is 0. The van der Waals surface area contributed by atoms with Crippen LogP contribution in [0.2, 0.25) is 10.0 Å². The summed E-state index contributed by atoms with van der Waals surface area (Å²) in [5.41, 5.74) is 7.30. The van der Waals surface area contributed by atoms with Crippen LogP contribution in [0, 0.1) is 22.7 Å². The summed E-state index contributed by atoms with van der Waals surface area (Å²) in [7, 11) is 0. The summed E-state index contributed by atoms with van der Waals surface area (Å²) in [6, 6.07) is 8.62. The van der Waals surface area contributed by atoms with Crippen LogP contribution >= 0.6 is 35.0 Å². The SMILES string of the molecule is N#Cc1c(N)nc(S[C@@H]2CC(=O)N(c3cc(Cl)cc(Cl)c3)C2=O)c(C#N)c1C1CC1. The molecule has 0 spiro atoms. The van der Waals surface area contributed by atoms with Crippen LogP contribution in [0.15, 0.2) is 23.2 Å². The van der Waals surface area contributed by atoms with E-state index in [1.54, 1.807) is 0 Å². The van der Waals surface area contributed by atoms with E-state index in [4.69, 9.17) is 28.9 Å². The summed E-state index contributed by atoms with van der Waals surface area (Å²) in [6.07, 6.45) is 1.65. The van der Waals surface area contributed by atoms with Crippen molar-refractivity contribution in [2.75, 3.05) is 10.6 Å². The molecule has 30 heavy (non-hydrogen) atoms. The van der Waals surface area contributed by atoms with Crippen molar-refractivity contribution in [3.63, 3.8) is 0 Å². The van der Waals surface area contributed by atoms with Gasteiger partial charge in [-0.25, -0.2) is 9.88 Å². The van der Waals surface area contributed by atoms with Crippen LogP contribution in [-0.2, 0) is 9.59 Å². The van der Waals surface area contributed by atoms with Gasteiger partial charge in [-0.1, -0.05) is 35.0 Å². The Morgan fingerprint density at radius 3 is 2.30 bits per heavy atom. The number of amides is 2. The second kappa shape index (κ2) is 7.81. The maximum atomic E-state index is 13.0. The first-order valence-corrected chi connectivity index (χ1v) is 10.6. The second-order valence-corrected chi connectivity index (χ2v) is 9.03. The fourth-order valence-corrected chi connectivity index (χ4v) is 5.10. The molecule has 4 rings (SSSR count). The number of nitrogens with zero attached hydrogens (tertiary/aromatic N) is 4. The molecule has 150 valence electrons. The number of benzene rings is 1. The minimum Gasteiger partial charge on any atom is -0.383 e. The van der Waals surface area contributed by atoms with Crippen molar-refractivity contribution in [3.8, 4) is 12.1 Å². The predicted molar refractivity (Wildman–Crippen MR) is 113 cm³/mol. The lowest BCUT2D eigenvalue weighted by molar-refractivity contribution is -0.121. The molecule has 2 heterocycles. The first-order chi connectivity index (χ1) is 14.3. The number of halogens is 2. The van der Waals surface area contributed by atoms with Gasteiger partial charge in [0, 0.05) is 16.5 Å². The van der Waals surface area contributed by atoms with Crippen molar-refractivity contribution in [3.05, 3.63) is 44.9 Å². The van der Waals surface area contributed by atoms with Gasteiger partial charge in [0.1, 0.15) is 23.0 Å². The number of imide groups is 1. The Hall–Kier alpha value is -2.78. The largest absolute Gasteiger partial charge is 0.383 e. The van der Waals surface area contributed by atoms with Gasteiger partial charge in [0.05, 0.1) is 22.1 Å². The average molecular weight is 458 g/mol. The Bertz CT molecular complexity index is 1160. The molecule has 2 aromatic rings. The number of rotatable bonds is 4. The molecule has 0 radical (unpaired) electrons. The smallest absolute Gasteiger partial charge is 0.247 e. The number of anilines is 2. The van der Waals surface area contributed by atoms with Gasteiger partial charge >= 0.3 is 0 Å². The molecule has 2 aliphatic rings. The number of hydrogen-bond acceptors (Lipinski definition) is 7. The van der Waals surface area contributed by atoms with Crippen molar-refractivity contribution >= 4 is 58.3 Å². The van der Waals surface area contributed by atoms with Gasteiger partial charge < -0.3 is 5.73 Å². The molecule has 1 aliphatic heterocycles. The molecule has 1 saturated heterocycles. The zero-order chi connectivity index (χ0) is 21.6. The van der Waals surface area contributed by atoms with Crippen LogP contribution in [0.25, 0.3) is 0 Å². The summed E-state index contributed by atoms with van der Waals surface area (Å²) in [5, 5.41) is 19.2. The van der Waals surface area contributed by atoms with Gasteiger partial charge in [-0.05, 0) is 42.5 Å². The highest BCUT2D eigenvalue weighted by atomic mass is 35.5. The molecule has 1 aromatic heterocycles. The lowest BCUT2D eigenvalue weighted by Gasteiger charge is -2.16. The van der Waals surface area contributed by atoms with Gasteiger partial charge in [-0.2, -0.15) is 10.5 Å². The highest BCUT2D eigenvalue weighted by Crippen LogP contribution is 2.47. The lowest BCUT2D eigenvalue weighted by atomic mass is 10.0. The van der Waals surface area contributed by atoms with E-state index >= 15 is 0 Å². The number of pyridine rings is 1. The topological polar surface area (TPSA) is 124 Å². The first kappa shape index (κ1) is 20.5. The van der Waals surface area contributed by atoms with Gasteiger partial charge in [0.25, 0.3) is 0 Å². The number of carbonyl (C=O) groups is 2.